The minimum absolute atomic E-state index is 0.0433. The number of nitrogens with zero attached hydrogens (tertiary/aromatic N) is 5. The predicted molar refractivity (Wildman–Crippen MR) is 82.7 cm³/mol. The second-order valence-corrected chi connectivity index (χ2v) is 4.94. The number of carbonyl (C=O) groups is 1. The molecule has 0 unspecified atom stereocenters. The third-order valence-electron chi connectivity index (χ3n) is 3.48. The Morgan fingerprint density at radius 2 is 1.91 bits per heavy atom. The van der Waals surface area contributed by atoms with Crippen molar-refractivity contribution < 1.29 is 4.79 Å². The van der Waals surface area contributed by atoms with Gasteiger partial charge in [-0.25, -0.2) is 4.98 Å². The number of fused-ring (bicyclic) bond motifs is 1. The molecule has 2 aromatic heterocycles. The summed E-state index contributed by atoms with van der Waals surface area (Å²) in [7, 11) is 0. The van der Waals surface area contributed by atoms with Crippen LogP contribution in [0.1, 0.15) is 28.9 Å². The van der Waals surface area contributed by atoms with E-state index >= 15 is 0 Å². The fourth-order valence-electron chi connectivity index (χ4n) is 2.33. The van der Waals surface area contributed by atoms with Gasteiger partial charge < -0.3 is 5.32 Å². The van der Waals surface area contributed by atoms with Crippen molar-refractivity contribution in [1.29, 1.82) is 0 Å². The second-order valence-electron chi connectivity index (χ2n) is 4.94. The van der Waals surface area contributed by atoms with Crippen LogP contribution in [0.3, 0.4) is 0 Å². The molecule has 0 fully saturated rings. The monoisotopic (exact) mass is 296 g/mol. The molecule has 1 aromatic carbocycles. The van der Waals surface area contributed by atoms with Gasteiger partial charge in [0.1, 0.15) is 5.52 Å². The average Bonchev–Trinajstić information content (AvgIpc) is 2.81. The topological polar surface area (TPSA) is 85.6 Å². The van der Waals surface area contributed by atoms with Gasteiger partial charge in [0.2, 0.25) is 5.82 Å². The molecular formula is C15H16N6O. The van der Waals surface area contributed by atoms with Gasteiger partial charge in [0.15, 0.2) is 0 Å². The van der Waals surface area contributed by atoms with Gasteiger partial charge in [0.05, 0.1) is 22.6 Å². The van der Waals surface area contributed by atoms with Crippen molar-refractivity contribution in [3.05, 3.63) is 41.5 Å². The first-order valence-corrected chi connectivity index (χ1v) is 7.05. The van der Waals surface area contributed by atoms with E-state index in [2.05, 4.69) is 25.6 Å². The maximum atomic E-state index is 12.3. The molecule has 0 aliphatic rings. The Hall–Kier alpha value is -2.83. The van der Waals surface area contributed by atoms with Crippen LogP contribution < -0.4 is 5.32 Å². The van der Waals surface area contributed by atoms with Gasteiger partial charge in [-0.15, -0.1) is 10.2 Å². The van der Waals surface area contributed by atoms with Crippen LogP contribution in [0, 0.1) is 13.8 Å². The van der Waals surface area contributed by atoms with E-state index in [-0.39, 0.29) is 11.7 Å². The number of anilines is 1. The zero-order valence-electron chi connectivity index (χ0n) is 12.7. The van der Waals surface area contributed by atoms with Crippen LogP contribution >= 0.6 is 0 Å². The average molecular weight is 296 g/mol. The number of hydrogen-bond donors (Lipinski definition) is 1. The summed E-state index contributed by atoms with van der Waals surface area (Å²) in [6, 6.07) is 7.30. The molecule has 0 saturated heterocycles. The van der Waals surface area contributed by atoms with Crippen LogP contribution in [0.4, 0.5) is 5.69 Å². The Morgan fingerprint density at radius 3 is 2.59 bits per heavy atom. The number of nitrogens with one attached hydrogen (secondary N) is 1. The van der Waals surface area contributed by atoms with E-state index in [1.807, 2.05) is 37.6 Å². The quantitative estimate of drug-likeness (QED) is 0.800. The summed E-state index contributed by atoms with van der Waals surface area (Å²) in [6.07, 6.45) is 0. The maximum absolute atomic E-state index is 12.3. The molecule has 0 atom stereocenters. The fourth-order valence-corrected chi connectivity index (χ4v) is 2.33. The number of benzene rings is 1. The lowest BCUT2D eigenvalue weighted by Crippen LogP contribution is -2.17. The predicted octanol–water partition coefficient (Wildman–Crippen LogP) is 2.11. The third-order valence-corrected chi connectivity index (χ3v) is 3.48. The number of hydrogen-bond acceptors (Lipinski definition) is 5. The first kappa shape index (κ1) is 14.1. The van der Waals surface area contributed by atoms with E-state index in [4.69, 9.17) is 0 Å². The number of aryl methyl sites for hydroxylation is 2. The van der Waals surface area contributed by atoms with Crippen molar-refractivity contribution in [3.8, 4) is 0 Å². The molecular weight excluding hydrogens is 280 g/mol. The summed E-state index contributed by atoms with van der Waals surface area (Å²) < 4.78 is 1.84. The Bertz CT molecular complexity index is 854. The summed E-state index contributed by atoms with van der Waals surface area (Å²) in [5.74, 6) is -0.346. The molecule has 7 heteroatoms. The van der Waals surface area contributed by atoms with Crippen LogP contribution in [-0.2, 0) is 6.54 Å². The molecule has 0 aliphatic heterocycles. The normalized spacial score (nSPS) is 10.9. The van der Waals surface area contributed by atoms with Crippen molar-refractivity contribution in [2.45, 2.75) is 27.3 Å². The number of para-hydroxylation sites is 1. The molecule has 1 N–H and O–H groups in total. The van der Waals surface area contributed by atoms with Crippen molar-refractivity contribution in [2.24, 2.45) is 0 Å². The third kappa shape index (κ3) is 2.41. The Morgan fingerprint density at radius 1 is 1.18 bits per heavy atom. The number of carbonyl (C=O) groups excluding carboxylic acids is 1. The molecule has 0 radical (unpaired) electrons. The smallest absolute Gasteiger partial charge is 0.295 e. The molecule has 7 nitrogen and oxygen atoms in total. The van der Waals surface area contributed by atoms with Gasteiger partial charge in [0, 0.05) is 6.54 Å². The van der Waals surface area contributed by atoms with E-state index in [0.29, 0.717) is 16.7 Å². The van der Waals surface area contributed by atoms with E-state index in [9.17, 15) is 4.79 Å². The number of amides is 1. The zero-order valence-corrected chi connectivity index (χ0v) is 12.7. The molecule has 3 rings (SSSR count). The second kappa shape index (κ2) is 5.51. The lowest BCUT2D eigenvalue weighted by atomic mass is 10.3. The molecule has 22 heavy (non-hydrogen) atoms. The van der Waals surface area contributed by atoms with Crippen LogP contribution in [0.2, 0.25) is 0 Å². The summed E-state index contributed by atoms with van der Waals surface area (Å²) >= 11 is 0. The van der Waals surface area contributed by atoms with Gasteiger partial charge >= 0.3 is 0 Å². The summed E-state index contributed by atoms with van der Waals surface area (Å²) in [5.41, 5.74) is 3.66. The van der Waals surface area contributed by atoms with Crippen molar-refractivity contribution >= 4 is 22.6 Å². The summed E-state index contributed by atoms with van der Waals surface area (Å²) in [4.78, 5) is 16.6. The molecule has 0 spiro atoms. The number of rotatable bonds is 3. The van der Waals surface area contributed by atoms with Crippen LogP contribution in [0.15, 0.2) is 24.3 Å². The van der Waals surface area contributed by atoms with Crippen LogP contribution in [0.5, 0.6) is 0 Å². The van der Waals surface area contributed by atoms with Gasteiger partial charge in [-0.3, -0.25) is 9.48 Å². The van der Waals surface area contributed by atoms with Gasteiger partial charge in [-0.05, 0) is 32.9 Å². The molecule has 112 valence electrons. The van der Waals surface area contributed by atoms with Crippen molar-refractivity contribution in [3.63, 3.8) is 0 Å². The zero-order chi connectivity index (χ0) is 15.7. The largest absolute Gasteiger partial charge is 0.316 e. The minimum atomic E-state index is -0.389. The standard InChI is InChI=1S/C15H16N6O/c1-4-21-10(3)13(9(2)20-21)17-15(22)14-16-11-7-5-6-8-12(11)18-19-14/h5-8H,4H2,1-3H3,(H,17,22). The number of aromatic nitrogens is 5. The molecule has 1 amide bonds. The first-order chi connectivity index (χ1) is 10.6. The SMILES string of the molecule is CCn1nc(C)c(NC(=O)c2nnc3ccccc3n2)c1C. The minimum Gasteiger partial charge on any atom is -0.316 e. The van der Waals surface area contributed by atoms with Gasteiger partial charge in [0.25, 0.3) is 5.91 Å². The van der Waals surface area contributed by atoms with Gasteiger partial charge in [-0.2, -0.15) is 5.10 Å². The maximum Gasteiger partial charge on any atom is 0.295 e. The summed E-state index contributed by atoms with van der Waals surface area (Å²) in [6.45, 7) is 6.52. The molecule has 0 saturated carbocycles. The Labute approximate surface area is 127 Å². The first-order valence-electron chi connectivity index (χ1n) is 7.05. The van der Waals surface area contributed by atoms with Gasteiger partial charge in [-0.1, -0.05) is 12.1 Å². The van der Waals surface area contributed by atoms with E-state index in [1.54, 1.807) is 12.1 Å². The summed E-state index contributed by atoms with van der Waals surface area (Å²) in [5, 5.41) is 15.1. The van der Waals surface area contributed by atoms with Crippen LogP contribution in [-0.4, -0.2) is 30.9 Å². The molecule has 0 bridgehead atoms. The highest BCUT2D eigenvalue weighted by atomic mass is 16.2. The van der Waals surface area contributed by atoms with E-state index in [1.165, 1.54) is 0 Å². The molecule has 0 aliphatic carbocycles. The molecule has 3 aromatic rings. The lowest BCUT2D eigenvalue weighted by molar-refractivity contribution is 0.101. The highest BCUT2D eigenvalue weighted by Crippen LogP contribution is 2.19. The highest BCUT2D eigenvalue weighted by Gasteiger charge is 2.17. The lowest BCUT2D eigenvalue weighted by Gasteiger charge is -2.05. The van der Waals surface area contributed by atoms with Crippen LogP contribution in [0.25, 0.3) is 11.0 Å². The molecule has 2 heterocycles. The fraction of sp³-hybridized carbons (Fsp3) is 0.267. The Kier molecular flexibility index (Phi) is 3.54. The van der Waals surface area contributed by atoms with Crippen molar-refractivity contribution in [1.82, 2.24) is 25.0 Å². The van der Waals surface area contributed by atoms with E-state index in [0.717, 1.165) is 17.9 Å². The highest BCUT2D eigenvalue weighted by molar-refractivity contribution is 6.02. The van der Waals surface area contributed by atoms with Crippen molar-refractivity contribution in [2.75, 3.05) is 5.32 Å². The van der Waals surface area contributed by atoms with E-state index < -0.39 is 0 Å². The Balaban J connectivity index is 1.92.